The monoisotopic (exact) mass is 225 g/mol. The average molecular weight is 225 g/mol. The van der Waals surface area contributed by atoms with Crippen LogP contribution in [-0.2, 0) is 0 Å². The number of rotatable bonds is 3. The van der Waals surface area contributed by atoms with E-state index in [4.69, 9.17) is 20.3 Å². The summed E-state index contributed by atoms with van der Waals surface area (Å²) in [5, 5.41) is 18.7. The summed E-state index contributed by atoms with van der Waals surface area (Å²) in [6.07, 6.45) is -0.902. The maximum Gasteiger partial charge on any atom is 0.161 e. The van der Waals surface area contributed by atoms with Crippen molar-refractivity contribution in [1.29, 1.82) is 0 Å². The van der Waals surface area contributed by atoms with Crippen molar-refractivity contribution in [3.05, 3.63) is 23.8 Å². The van der Waals surface area contributed by atoms with Crippen molar-refractivity contribution in [2.45, 2.75) is 12.1 Å². The van der Waals surface area contributed by atoms with E-state index in [2.05, 4.69) is 0 Å². The normalized spacial score (nSPS) is 17.9. The summed E-state index contributed by atoms with van der Waals surface area (Å²) in [6, 6.07) is 4.45. The van der Waals surface area contributed by atoms with E-state index in [1.807, 2.05) is 0 Å². The highest BCUT2D eigenvalue weighted by atomic mass is 16.6. The van der Waals surface area contributed by atoms with Crippen LogP contribution in [0.1, 0.15) is 11.7 Å². The molecule has 1 aromatic rings. The average Bonchev–Trinajstić information content (AvgIpc) is 2.36. The van der Waals surface area contributed by atoms with Crippen LogP contribution in [0.25, 0.3) is 0 Å². The molecule has 0 bridgehead atoms. The van der Waals surface area contributed by atoms with Crippen LogP contribution in [0, 0.1) is 0 Å². The molecule has 0 fully saturated rings. The summed E-state index contributed by atoms with van der Waals surface area (Å²) >= 11 is 0. The molecule has 16 heavy (non-hydrogen) atoms. The lowest BCUT2D eigenvalue weighted by molar-refractivity contribution is 0.108. The second kappa shape index (κ2) is 4.69. The first-order valence-electron chi connectivity index (χ1n) is 5.16. The van der Waals surface area contributed by atoms with E-state index >= 15 is 0 Å². The molecule has 4 N–H and O–H groups in total. The number of benzene rings is 1. The van der Waals surface area contributed by atoms with Crippen molar-refractivity contribution in [2.24, 2.45) is 5.73 Å². The number of ether oxygens (including phenoxy) is 2. The molecular formula is C11H15NO4. The van der Waals surface area contributed by atoms with Gasteiger partial charge in [0.15, 0.2) is 11.5 Å². The first-order valence-corrected chi connectivity index (χ1v) is 5.16. The van der Waals surface area contributed by atoms with Crippen molar-refractivity contribution in [3.63, 3.8) is 0 Å². The number of hydrogen-bond acceptors (Lipinski definition) is 5. The van der Waals surface area contributed by atoms with E-state index in [1.165, 1.54) is 0 Å². The zero-order valence-corrected chi connectivity index (χ0v) is 8.80. The van der Waals surface area contributed by atoms with Gasteiger partial charge < -0.3 is 25.4 Å². The third-order valence-electron chi connectivity index (χ3n) is 2.52. The topological polar surface area (TPSA) is 84.9 Å². The predicted octanol–water partition coefficient (Wildman–Crippen LogP) is -0.189. The van der Waals surface area contributed by atoms with Crippen molar-refractivity contribution in [3.8, 4) is 11.5 Å². The Bertz CT molecular complexity index is 369. The van der Waals surface area contributed by atoms with Crippen LogP contribution >= 0.6 is 0 Å². The molecule has 1 aliphatic heterocycles. The van der Waals surface area contributed by atoms with Crippen LogP contribution in [-0.4, -0.2) is 36.1 Å². The van der Waals surface area contributed by atoms with Gasteiger partial charge in [-0.2, -0.15) is 0 Å². The Labute approximate surface area is 93.4 Å². The predicted molar refractivity (Wildman–Crippen MR) is 57.5 cm³/mol. The zero-order valence-electron chi connectivity index (χ0n) is 8.80. The van der Waals surface area contributed by atoms with Crippen LogP contribution in [0.2, 0.25) is 0 Å². The summed E-state index contributed by atoms with van der Waals surface area (Å²) in [7, 11) is 0. The fourth-order valence-corrected chi connectivity index (χ4v) is 1.59. The lowest BCUT2D eigenvalue weighted by atomic mass is 10.0. The van der Waals surface area contributed by atoms with Gasteiger partial charge in [0.05, 0.1) is 18.8 Å². The molecule has 88 valence electrons. The largest absolute Gasteiger partial charge is 0.486 e. The highest BCUT2D eigenvalue weighted by molar-refractivity contribution is 5.44. The van der Waals surface area contributed by atoms with E-state index in [1.54, 1.807) is 18.2 Å². The standard InChI is InChI=1S/C11H15NO4/c12-8(6-13)11(14)7-1-2-9-10(5-7)16-4-3-15-9/h1-2,5,8,11,13-14H,3-4,6,12H2. The minimum atomic E-state index is -0.902. The quantitative estimate of drug-likeness (QED) is 0.664. The van der Waals surface area contributed by atoms with Crippen LogP contribution in [0.15, 0.2) is 18.2 Å². The van der Waals surface area contributed by atoms with E-state index in [9.17, 15) is 5.11 Å². The summed E-state index contributed by atoms with van der Waals surface area (Å²) in [5.41, 5.74) is 6.17. The summed E-state index contributed by atoms with van der Waals surface area (Å²) in [4.78, 5) is 0. The number of aliphatic hydroxyl groups is 2. The molecule has 0 spiro atoms. The Hall–Kier alpha value is -1.30. The van der Waals surface area contributed by atoms with Gasteiger partial charge in [-0.05, 0) is 17.7 Å². The van der Waals surface area contributed by atoms with Gasteiger partial charge in [0.2, 0.25) is 0 Å². The lowest BCUT2D eigenvalue weighted by Crippen LogP contribution is -2.32. The molecule has 0 saturated heterocycles. The SMILES string of the molecule is NC(CO)C(O)c1ccc2c(c1)OCCO2. The first-order chi connectivity index (χ1) is 7.72. The third kappa shape index (κ3) is 2.11. The molecule has 5 nitrogen and oxygen atoms in total. The summed E-state index contributed by atoms with van der Waals surface area (Å²) in [5.74, 6) is 1.27. The Kier molecular flexibility index (Phi) is 3.28. The zero-order chi connectivity index (χ0) is 11.5. The van der Waals surface area contributed by atoms with Crippen LogP contribution in [0.4, 0.5) is 0 Å². The van der Waals surface area contributed by atoms with Crippen LogP contribution < -0.4 is 15.2 Å². The molecule has 2 rings (SSSR count). The molecule has 1 heterocycles. The lowest BCUT2D eigenvalue weighted by Gasteiger charge is -2.21. The minimum Gasteiger partial charge on any atom is -0.486 e. The van der Waals surface area contributed by atoms with E-state index < -0.39 is 12.1 Å². The molecule has 2 atom stereocenters. The van der Waals surface area contributed by atoms with Crippen molar-refractivity contribution in [2.75, 3.05) is 19.8 Å². The summed E-state index contributed by atoms with van der Waals surface area (Å²) < 4.78 is 10.7. The highest BCUT2D eigenvalue weighted by Gasteiger charge is 2.19. The fraction of sp³-hybridized carbons (Fsp3) is 0.455. The molecule has 0 aliphatic carbocycles. The van der Waals surface area contributed by atoms with Gasteiger partial charge >= 0.3 is 0 Å². The second-order valence-electron chi connectivity index (χ2n) is 3.69. The minimum absolute atomic E-state index is 0.268. The smallest absolute Gasteiger partial charge is 0.161 e. The Morgan fingerprint density at radius 1 is 1.25 bits per heavy atom. The van der Waals surface area contributed by atoms with Crippen LogP contribution in [0.3, 0.4) is 0 Å². The van der Waals surface area contributed by atoms with E-state index in [0.717, 1.165) is 0 Å². The maximum atomic E-state index is 9.81. The number of hydrogen-bond donors (Lipinski definition) is 3. The van der Waals surface area contributed by atoms with Gasteiger partial charge in [-0.25, -0.2) is 0 Å². The molecule has 0 aromatic heterocycles. The van der Waals surface area contributed by atoms with Crippen LogP contribution in [0.5, 0.6) is 11.5 Å². The van der Waals surface area contributed by atoms with Gasteiger partial charge in [0, 0.05) is 0 Å². The number of nitrogens with two attached hydrogens (primary N) is 1. The van der Waals surface area contributed by atoms with Crippen molar-refractivity contribution >= 4 is 0 Å². The molecule has 0 saturated carbocycles. The molecule has 0 radical (unpaired) electrons. The highest BCUT2D eigenvalue weighted by Crippen LogP contribution is 2.32. The maximum absolute atomic E-state index is 9.81. The van der Waals surface area contributed by atoms with Gasteiger partial charge in [-0.1, -0.05) is 6.07 Å². The third-order valence-corrected chi connectivity index (χ3v) is 2.52. The molecule has 1 aliphatic rings. The number of aliphatic hydroxyl groups excluding tert-OH is 2. The van der Waals surface area contributed by atoms with Crippen molar-refractivity contribution in [1.82, 2.24) is 0 Å². The Morgan fingerprint density at radius 2 is 1.94 bits per heavy atom. The van der Waals surface area contributed by atoms with Crippen molar-refractivity contribution < 1.29 is 19.7 Å². The molecular weight excluding hydrogens is 210 g/mol. The molecule has 1 aromatic carbocycles. The second-order valence-corrected chi connectivity index (χ2v) is 3.69. The van der Waals surface area contributed by atoms with E-state index in [-0.39, 0.29) is 6.61 Å². The van der Waals surface area contributed by atoms with Gasteiger partial charge in [0.25, 0.3) is 0 Å². The Balaban J connectivity index is 2.22. The molecule has 2 unspecified atom stereocenters. The van der Waals surface area contributed by atoms with Gasteiger partial charge in [-0.15, -0.1) is 0 Å². The molecule has 5 heteroatoms. The van der Waals surface area contributed by atoms with Gasteiger partial charge in [-0.3, -0.25) is 0 Å². The first kappa shape index (κ1) is 11.2. The molecule has 0 amide bonds. The number of fused-ring (bicyclic) bond motifs is 1. The van der Waals surface area contributed by atoms with E-state index in [0.29, 0.717) is 30.3 Å². The summed E-state index contributed by atoms with van der Waals surface area (Å²) in [6.45, 7) is 0.763. The van der Waals surface area contributed by atoms with Gasteiger partial charge in [0.1, 0.15) is 13.2 Å². The fourth-order valence-electron chi connectivity index (χ4n) is 1.59. The Morgan fingerprint density at radius 3 is 2.62 bits per heavy atom.